The highest BCUT2D eigenvalue weighted by atomic mass is 16.7. The Kier molecular flexibility index (Phi) is 1.79. The zero-order chi connectivity index (χ0) is 9.42. The summed E-state index contributed by atoms with van der Waals surface area (Å²) in [5, 5.41) is 3.70. The lowest BCUT2D eigenvalue weighted by atomic mass is 10.2. The largest absolute Gasteiger partial charge is 0.370 e. The van der Waals surface area contributed by atoms with Crippen molar-refractivity contribution >= 4 is 17.5 Å². The molecule has 2 heterocycles. The maximum atomic E-state index is 11.3. The number of likely N-dealkylation sites (tertiary alicyclic amines) is 1. The lowest BCUT2D eigenvalue weighted by Crippen LogP contribution is -2.39. The molecule has 0 N–H and O–H groups in total. The molecule has 1 atom stereocenters. The van der Waals surface area contributed by atoms with E-state index in [0.717, 1.165) is 5.71 Å². The first-order chi connectivity index (χ1) is 6.18. The number of hydrogen-bond acceptors (Lipinski definition) is 4. The smallest absolute Gasteiger partial charge is 0.232 e. The second-order valence-electron chi connectivity index (χ2n) is 3.25. The zero-order valence-electron chi connectivity index (χ0n) is 7.32. The van der Waals surface area contributed by atoms with Crippen LogP contribution in [0.15, 0.2) is 5.16 Å². The molecule has 0 spiro atoms. The van der Waals surface area contributed by atoms with E-state index in [1.165, 1.54) is 4.90 Å². The van der Waals surface area contributed by atoms with Crippen LogP contribution in [0.2, 0.25) is 0 Å². The molecule has 0 aromatic carbocycles. The molecular formula is C8H10N2O3. The van der Waals surface area contributed by atoms with Crippen LogP contribution in [0.1, 0.15) is 26.2 Å². The fraction of sp³-hybridized carbons (Fsp3) is 0.625. The third-order valence-electron chi connectivity index (χ3n) is 2.18. The topological polar surface area (TPSA) is 59.0 Å². The summed E-state index contributed by atoms with van der Waals surface area (Å²) >= 11 is 0. The summed E-state index contributed by atoms with van der Waals surface area (Å²) in [6.07, 6.45) is 0.662. The van der Waals surface area contributed by atoms with Crippen LogP contribution in [0.5, 0.6) is 0 Å². The van der Waals surface area contributed by atoms with Crippen LogP contribution in [0.25, 0.3) is 0 Å². The number of hydrogen-bond donors (Lipinski definition) is 0. The Labute approximate surface area is 75.3 Å². The number of carbonyl (C=O) groups is 2. The predicted octanol–water partition coefficient (Wildman–Crippen LogP) is 0.258. The van der Waals surface area contributed by atoms with E-state index in [1.54, 1.807) is 0 Å². The van der Waals surface area contributed by atoms with Crippen molar-refractivity contribution in [1.82, 2.24) is 4.90 Å². The molecule has 2 rings (SSSR count). The molecule has 1 fully saturated rings. The third kappa shape index (κ3) is 1.30. The fourth-order valence-corrected chi connectivity index (χ4v) is 1.53. The van der Waals surface area contributed by atoms with Crippen LogP contribution in [-0.4, -0.2) is 28.7 Å². The average Bonchev–Trinajstić information content (AvgIpc) is 2.60. The first-order valence-electron chi connectivity index (χ1n) is 4.22. The molecule has 0 bridgehead atoms. The van der Waals surface area contributed by atoms with Gasteiger partial charge in [-0.2, -0.15) is 0 Å². The number of carbonyl (C=O) groups excluding carboxylic acids is 2. The molecule has 5 nitrogen and oxygen atoms in total. The summed E-state index contributed by atoms with van der Waals surface area (Å²) in [6.45, 7) is 1.81. The summed E-state index contributed by atoms with van der Waals surface area (Å²) in [4.78, 5) is 28.6. The van der Waals surface area contributed by atoms with E-state index in [0.29, 0.717) is 19.3 Å². The molecule has 1 unspecified atom stereocenters. The van der Waals surface area contributed by atoms with Crippen molar-refractivity contribution in [3.63, 3.8) is 0 Å². The van der Waals surface area contributed by atoms with Gasteiger partial charge < -0.3 is 4.84 Å². The highest BCUT2D eigenvalue weighted by Gasteiger charge is 2.38. The molecule has 70 valence electrons. The van der Waals surface area contributed by atoms with Crippen molar-refractivity contribution in [1.29, 1.82) is 0 Å². The Morgan fingerprint density at radius 3 is 2.46 bits per heavy atom. The molecule has 0 aromatic rings. The summed E-state index contributed by atoms with van der Waals surface area (Å²) in [5.41, 5.74) is 0.817. The molecular weight excluding hydrogens is 172 g/mol. The summed E-state index contributed by atoms with van der Waals surface area (Å²) < 4.78 is 0. The van der Waals surface area contributed by atoms with Crippen molar-refractivity contribution in [2.24, 2.45) is 5.16 Å². The van der Waals surface area contributed by atoms with Crippen molar-refractivity contribution < 1.29 is 14.4 Å². The Hall–Kier alpha value is -1.39. The van der Waals surface area contributed by atoms with Crippen LogP contribution >= 0.6 is 0 Å². The molecule has 13 heavy (non-hydrogen) atoms. The third-order valence-corrected chi connectivity index (χ3v) is 2.18. The number of oxime groups is 1. The van der Waals surface area contributed by atoms with Gasteiger partial charge in [0.25, 0.3) is 0 Å². The van der Waals surface area contributed by atoms with Crippen LogP contribution in [-0.2, 0) is 14.4 Å². The number of amides is 2. The van der Waals surface area contributed by atoms with E-state index < -0.39 is 6.23 Å². The molecule has 2 amide bonds. The molecule has 1 saturated heterocycles. The predicted molar refractivity (Wildman–Crippen MR) is 43.7 cm³/mol. The van der Waals surface area contributed by atoms with Crippen LogP contribution in [0.3, 0.4) is 0 Å². The van der Waals surface area contributed by atoms with Gasteiger partial charge in [-0.1, -0.05) is 5.16 Å². The maximum absolute atomic E-state index is 11.3. The van der Waals surface area contributed by atoms with E-state index in [-0.39, 0.29) is 11.8 Å². The van der Waals surface area contributed by atoms with E-state index >= 15 is 0 Å². The highest BCUT2D eigenvalue weighted by Crippen LogP contribution is 2.21. The molecule has 0 aromatic heterocycles. The first kappa shape index (κ1) is 8.22. The van der Waals surface area contributed by atoms with Crippen molar-refractivity contribution in [3.05, 3.63) is 0 Å². The number of imide groups is 1. The fourth-order valence-electron chi connectivity index (χ4n) is 1.53. The Balaban J connectivity index is 2.09. The van der Waals surface area contributed by atoms with Gasteiger partial charge in [-0.15, -0.1) is 0 Å². The van der Waals surface area contributed by atoms with Gasteiger partial charge in [0, 0.05) is 19.3 Å². The SMILES string of the molecule is CC1=NOC(N2C(=O)CCC2=O)C1. The normalized spacial score (nSPS) is 27.9. The molecule has 5 heteroatoms. The van der Waals surface area contributed by atoms with E-state index in [2.05, 4.69) is 5.16 Å². The summed E-state index contributed by atoms with van der Waals surface area (Å²) in [6, 6.07) is 0. The monoisotopic (exact) mass is 182 g/mol. The van der Waals surface area contributed by atoms with Crippen molar-refractivity contribution in [2.75, 3.05) is 0 Å². The van der Waals surface area contributed by atoms with Crippen LogP contribution in [0.4, 0.5) is 0 Å². The average molecular weight is 182 g/mol. The highest BCUT2D eigenvalue weighted by molar-refractivity contribution is 6.02. The first-order valence-corrected chi connectivity index (χ1v) is 4.22. The number of rotatable bonds is 1. The second kappa shape index (κ2) is 2.83. The van der Waals surface area contributed by atoms with E-state index in [1.807, 2.05) is 6.92 Å². The van der Waals surface area contributed by atoms with E-state index in [4.69, 9.17) is 4.84 Å². The number of nitrogens with zero attached hydrogens (tertiary/aromatic N) is 2. The van der Waals surface area contributed by atoms with Gasteiger partial charge in [-0.3, -0.25) is 9.59 Å². The minimum atomic E-state index is -0.484. The van der Waals surface area contributed by atoms with Gasteiger partial charge in [-0.05, 0) is 6.92 Å². The van der Waals surface area contributed by atoms with Gasteiger partial charge >= 0.3 is 0 Å². The van der Waals surface area contributed by atoms with Crippen LogP contribution in [0, 0.1) is 0 Å². The quantitative estimate of drug-likeness (QED) is 0.546. The van der Waals surface area contributed by atoms with Gasteiger partial charge in [0.05, 0.1) is 5.71 Å². The van der Waals surface area contributed by atoms with Gasteiger partial charge in [0.1, 0.15) is 0 Å². The lowest BCUT2D eigenvalue weighted by Gasteiger charge is -2.18. The van der Waals surface area contributed by atoms with Crippen LogP contribution < -0.4 is 0 Å². The summed E-state index contributed by atoms with van der Waals surface area (Å²) in [5.74, 6) is -0.306. The minimum absolute atomic E-state index is 0.153. The maximum Gasteiger partial charge on any atom is 0.232 e. The molecule has 0 aliphatic carbocycles. The Morgan fingerprint density at radius 1 is 1.38 bits per heavy atom. The van der Waals surface area contributed by atoms with Gasteiger partial charge in [0.2, 0.25) is 18.0 Å². The molecule has 0 saturated carbocycles. The zero-order valence-corrected chi connectivity index (χ0v) is 7.32. The van der Waals surface area contributed by atoms with Crippen molar-refractivity contribution in [3.8, 4) is 0 Å². The lowest BCUT2D eigenvalue weighted by molar-refractivity contribution is -0.151. The van der Waals surface area contributed by atoms with Gasteiger partial charge in [0.15, 0.2) is 0 Å². The van der Waals surface area contributed by atoms with E-state index in [9.17, 15) is 9.59 Å². The Bertz CT molecular complexity index is 282. The molecule has 2 aliphatic rings. The molecule has 0 radical (unpaired) electrons. The summed E-state index contributed by atoms with van der Waals surface area (Å²) in [7, 11) is 0. The Morgan fingerprint density at radius 2 is 2.00 bits per heavy atom. The molecule has 2 aliphatic heterocycles. The minimum Gasteiger partial charge on any atom is -0.370 e. The second-order valence-corrected chi connectivity index (χ2v) is 3.25. The van der Waals surface area contributed by atoms with Crippen molar-refractivity contribution in [2.45, 2.75) is 32.4 Å². The standard InChI is InChI=1S/C8H10N2O3/c1-5-4-8(13-9-5)10-6(11)2-3-7(10)12/h8H,2-4H2,1H3. The van der Waals surface area contributed by atoms with Gasteiger partial charge in [-0.25, -0.2) is 4.90 Å².